The van der Waals surface area contributed by atoms with Crippen LogP contribution in [0.4, 0.5) is 4.79 Å². The van der Waals surface area contributed by atoms with Crippen molar-refractivity contribution >= 4 is 29.7 Å². The summed E-state index contributed by atoms with van der Waals surface area (Å²) in [6.45, 7) is 5.38. The maximum absolute atomic E-state index is 13.1. The monoisotopic (exact) mass is 400 g/mol. The molecule has 0 aliphatic heterocycles. The number of rotatable bonds is 9. The number of nitrogens with one attached hydrogen (secondary N) is 2. The predicted octanol–water partition coefficient (Wildman–Crippen LogP) is 0.115. The molecule has 0 saturated heterocycles. The summed E-state index contributed by atoms with van der Waals surface area (Å²) < 4.78 is 4.70. The number of likely N-dealkylation sites (N-methyl/N-ethyl adjacent to an activating group) is 2. The highest BCUT2D eigenvalue weighted by Crippen LogP contribution is 2.17. The Morgan fingerprint density at radius 1 is 1.04 bits per heavy atom. The van der Waals surface area contributed by atoms with Crippen molar-refractivity contribution in [1.82, 2.24) is 20.4 Å². The van der Waals surface area contributed by atoms with Crippen LogP contribution in [0.25, 0.3) is 0 Å². The third-order valence-corrected chi connectivity index (χ3v) is 4.58. The van der Waals surface area contributed by atoms with E-state index in [4.69, 9.17) is 4.74 Å². The molecular formula is C18H32N4O6. The van der Waals surface area contributed by atoms with E-state index < -0.39 is 41.8 Å². The molecule has 0 aromatic carbocycles. The summed E-state index contributed by atoms with van der Waals surface area (Å²) in [4.78, 5) is 63.7. The van der Waals surface area contributed by atoms with Gasteiger partial charge in [-0.1, -0.05) is 27.2 Å². The van der Waals surface area contributed by atoms with Crippen LogP contribution in [0.2, 0.25) is 0 Å². The SMILES string of the molecule is CCCC(=O)N(C)C(C(=O)OC)C(=O)N(C)[C@H](C(=O)NC(=O)NC)C(C)CC. The summed E-state index contributed by atoms with van der Waals surface area (Å²) in [5, 5.41) is 4.43. The Kier molecular flexibility index (Phi) is 10.8. The molecule has 0 aromatic heterocycles. The second-order valence-corrected chi connectivity index (χ2v) is 6.53. The van der Waals surface area contributed by atoms with Gasteiger partial charge in [-0.15, -0.1) is 0 Å². The second-order valence-electron chi connectivity index (χ2n) is 6.53. The average Bonchev–Trinajstić information content (AvgIpc) is 2.67. The van der Waals surface area contributed by atoms with Crippen molar-refractivity contribution in [1.29, 1.82) is 0 Å². The molecule has 10 nitrogen and oxygen atoms in total. The van der Waals surface area contributed by atoms with E-state index >= 15 is 0 Å². The first-order valence-corrected chi connectivity index (χ1v) is 9.19. The average molecular weight is 400 g/mol. The number of imide groups is 1. The standard InChI is InChI=1S/C18H32N4O6/c1-8-10-12(23)21(5)14(17(26)28-7)16(25)22(6)13(11(3)9-2)15(24)20-18(27)19-4/h11,13-14H,8-10H2,1-7H3,(H2,19,20,24,27)/t11?,13-,14?/m0/s1. The molecule has 0 heterocycles. The fourth-order valence-corrected chi connectivity index (χ4v) is 2.69. The van der Waals surface area contributed by atoms with E-state index in [9.17, 15) is 24.0 Å². The van der Waals surface area contributed by atoms with E-state index in [0.717, 1.165) is 16.9 Å². The zero-order valence-electron chi connectivity index (χ0n) is 17.7. The molecule has 0 aliphatic rings. The summed E-state index contributed by atoms with van der Waals surface area (Å²) in [6.07, 6.45) is 1.25. The first-order chi connectivity index (χ1) is 13.1. The van der Waals surface area contributed by atoms with Gasteiger partial charge in [0.15, 0.2) is 0 Å². The smallest absolute Gasteiger partial charge is 0.338 e. The summed E-state index contributed by atoms with van der Waals surface area (Å²) in [6, 6.07) is -3.25. The van der Waals surface area contributed by atoms with Gasteiger partial charge in [0.25, 0.3) is 11.8 Å². The molecule has 0 aliphatic carbocycles. The molecule has 2 unspecified atom stereocenters. The van der Waals surface area contributed by atoms with Gasteiger partial charge in [0.2, 0.25) is 11.9 Å². The molecule has 160 valence electrons. The van der Waals surface area contributed by atoms with E-state index in [2.05, 4.69) is 10.6 Å². The number of carbonyl (C=O) groups excluding carboxylic acids is 5. The van der Waals surface area contributed by atoms with Crippen molar-refractivity contribution in [3.05, 3.63) is 0 Å². The van der Waals surface area contributed by atoms with Crippen LogP contribution in [0.3, 0.4) is 0 Å². The molecule has 10 heteroatoms. The van der Waals surface area contributed by atoms with Crippen molar-refractivity contribution in [2.24, 2.45) is 5.92 Å². The Bertz CT molecular complexity index is 595. The van der Waals surface area contributed by atoms with E-state index in [1.54, 1.807) is 13.8 Å². The molecule has 0 radical (unpaired) electrons. The van der Waals surface area contributed by atoms with Gasteiger partial charge >= 0.3 is 12.0 Å². The van der Waals surface area contributed by atoms with Gasteiger partial charge in [0, 0.05) is 27.6 Å². The maximum Gasteiger partial charge on any atom is 0.338 e. The van der Waals surface area contributed by atoms with Crippen LogP contribution in [0.15, 0.2) is 0 Å². The minimum absolute atomic E-state index is 0.160. The van der Waals surface area contributed by atoms with Crippen LogP contribution < -0.4 is 10.6 Å². The van der Waals surface area contributed by atoms with Crippen LogP contribution in [0, 0.1) is 5.92 Å². The topological polar surface area (TPSA) is 125 Å². The van der Waals surface area contributed by atoms with Crippen molar-refractivity contribution < 1.29 is 28.7 Å². The lowest BCUT2D eigenvalue weighted by atomic mass is 9.96. The largest absolute Gasteiger partial charge is 0.467 e. The van der Waals surface area contributed by atoms with Gasteiger partial charge in [-0.05, 0) is 12.3 Å². The number of carbonyl (C=O) groups is 5. The minimum atomic E-state index is -1.52. The lowest BCUT2D eigenvalue weighted by molar-refractivity contribution is -0.161. The summed E-state index contributed by atoms with van der Waals surface area (Å²) in [7, 11) is 5.17. The quantitative estimate of drug-likeness (QED) is 0.418. The number of hydrogen-bond donors (Lipinski definition) is 2. The molecule has 0 rings (SSSR count). The Labute approximate surface area is 165 Å². The van der Waals surface area contributed by atoms with Crippen molar-refractivity contribution in [2.45, 2.75) is 52.1 Å². The van der Waals surface area contributed by atoms with E-state index in [1.807, 2.05) is 6.92 Å². The number of nitrogens with zero attached hydrogens (tertiary/aromatic N) is 2. The Morgan fingerprint density at radius 2 is 1.61 bits per heavy atom. The highest BCUT2D eigenvalue weighted by molar-refractivity contribution is 6.06. The van der Waals surface area contributed by atoms with E-state index in [-0.39, 0.29) is 12.3 Å². The van der Waals surface area contributed by atoms with E-state index in [1.165, 1.54) is 21.1 Å². The number of amides is 5. The summed E-state index contributed by atoms with van der Waals surface area (Å²) in [5.41, 5.74) is 0. The van der Waals surface area contributed by atoms with Crippen LogP contribution in [-0.2, 0) is 23.9 Å². The Balaban J connectivity index is 5.83. The van der Waals surface area contributed by atoms with E-state index in [0.29, 0.717) is 12.8 Å². The molecule has 5 amide bonds. The Hall–Kier alpha value is -2.65. The number of hydrogen-bond acceptors (Lipinski definition) is 6. The molecule has 0 fully saturated rings. The van der Waals surface area contributed by atoms with Crippen molar-refractivity contribution in [3.63, 3.8) is 0 Å². The van der Waals surface area contributed by atoms with Crippen LogP contribution in [0.5, 0.6) is 0 Å². The van der Waals surface area contributed by atoms with Gasteiger partial charge < -0.3 is 19.9 Å². The molecule has 0 aromatic rings. The molecule has 2 N–H and O–H groups in total. The van der Waals surface area contributed by atoms with Crippen LogP contribution >= 0.6 is 0 Å². The normalized spacial score (nSPS) is 13.5. The predicted molar refractivity (Wildman–Crippen MR) is 102 cm³/mol. The molecule has 0 bridgehead atoms. The molecule has 3 atom stereocenters. The zero-order chi connectivity index (χ0) is 22.0. The fourth-order valence-electron chi connectivity index (χ4n) is 2.69. The first-order valence-electron chi connectivity index (χ1n) is 9.19. The summed E-state index contributed by atoms with van der Waals surface area (Å²) in [5.74, 6) is -3.06. The number of esters is 1. The molecule has 0 saturated carbocycles. The summed E-state index contributed by atoms with van der Waals surface area (Å²) >= 11 is 0. The molecule has 28 heavy (non-hydrogen) atoms. The zero-order valence-corrected chi connectivity index (χ0v) is 17.7. The number of ether oxygens (including phenoxy) is 1. The minimum Gasteiger partial charge on any atom is -0.467 e. The Morgan fingerprint density at radius 3 is 2.04 bits per heavy atom. The number of urea groups is 1. The van der Waals surface area contributed by atoms with Gasteiger partial charge in [-0.25, -0.2) is 9.59 Å². The number of methoxy groups -OCH3 is 1. The van der Waals surface area contributed by atoms with Gasteiger partial charge in [-0.2, -0.15) is 0 Å². The molecule has 0 spiro atoms. The van der Waals surface area contributed by atoms with Gasteiger partial charge in [-0.3, -0.25) is 19.7 Å². The van der Waals surface area contributed by atoms with Gasteiger partial charge in [0.05, 0.1) is 7.11 Å². The third-order valence-electron chi connectivity index (χ3n) is 4.58. The highest BCUT2D eigenvalue weighted by atomic mass is 16.5. The fraction of sp³-hybridized carbons (Fsp3) is 0.722. The van der Waals surface area contributed by atoms with Crippen molar-refractivity contribution in [3.8, 4) is 0 Å². The van der Waals surface area contributed by atoms with Crippen LogP contribution in [0.1, 0.15) is 40.0 Å². The highest BCUT2D eigenvalue weighted by Gasteiger charge is 2.41. The second kappa shape index (κ2) is 11.9. The molecular weight excluding hydrogens is 368 g/mol. The van der Waals surface area contributed by atoms with Crippen LogP contribution in [-0.4, -0.2) is 79.9 Å². The lowest BCUT2D eigenvalue weighted by Crippen LogP contribution is -2.59. The lowest BCUT2D eigenvalue weighted by Gasteiger charge is -2.35. The van der Waals surface area contributed by atoms with Gasteiger partial charge in [0.1, 0.15) is 6.04 Å². The maximum atomic E-state index is 13.1. The third kappa shape index (κ3) is 6.50. The van der Waals surface area contributed by atoms with Crippen molar-refractivity contribution in [2.75, 3.05) is 28.3 Å². The first kappa shape index (κ1) is 25.4.